The Labute approximate surface area is 157 Å². The number of hydrogen-bond donors (Lipinski definition) is 1. The maximum absolute atomic E-state index is 4.72. The van der Waals surface area contributed by atoms with Gasteiger partial charge in [0.2, 0.25) is 5.95 Å². The van der Waals surface area contributed by atoms with E-state index in [1.165, 1.54) is 0 Å². The Morgan fingerprint density at radius 1 is 0.920 bits per heavy atom. The van der Waals surface area contributed by atoms with E-state index in [1.54, 1.807) is 0 Å². The summed E-state index contributed by atoms with van der Waals surface area (Å²) in [6.45, 7) is 6.07. The molecule has 4 nitrogen and oxygen atoms in total. The molecule has 1 N–H and O–H groups in total. The molecule has 0 atom stereocenters. The fourth-order valence-electron chi connectivity index (χ4n) is 2.65. The van der Waals surface area contributed by atoms with Crippen molar-refractivity contribution in [1.29, 1.82) is 0 Å². The summed E-state index contributed by atoms with van der Waals surface area (Å²) in [6.07, 6.45) is 0. The van der Waals surface area contributed by atoms with E-state index >= 15 is 0 Å². The van der Waals surface area contributed by atoms with Gasteiger partial charge in [0.05, 0.1) is 5.69 Å². The molecule has 0 radical (unpaired) electrons. The first kappa shape index (κ1) is 17.4. The minimum atomic E-state index is 0.598. The molecule has 0 saturated carbocycles. The van der Waals surface area contributed by atoms with Crippen molar-refractivity contribution in [2.75, 3.05) is 23.3 Å². The Morgan fingerprint density at radius 2 is 1.68 bits per heavy atom. The van der Waals surface area contributed by atoms with Gasteiger partial charge in [-0.1, -0.05) is 52.3 Å². The summed E-state index contributed by atoms with van der Waals surface area (Å²) in [7, 11) is 0. The number of nitrogens with one attached hydrogen (secondary N) is 1. The normalized spacial score (nSPS) is 10.5. The Morgan fingerprint density at radius 3 is 2.36 bits per heavy atom. The molecule has 0 bridgehead atoms. The van der Waals surface area contributed by atoms with Crippen LogP contribution in [-0.4, -0.2) is 23.1 Å². The average Bonchev–Trinajstić information content (AvgIpc) is 2.63. The highest BCUT2D eigenvalue weighted by atomic mass is 79.9. The number of hydrogen-bond acceptors (Lipinski definition) is 4. The molecular weight excluding hydrogens is 376 g/mol. The molecule has 0 unspecified atom stereocenters. The van der Waals surface area contributed by atoms with Gasteiger partial charge in [-0.15, -0.1) is 0 Å². The van der Waals surface area contributed by atoms with Crippen LogP contribution in [0.2, 0.25) is 0 Å². The first-order chi connectivity index (χ1) is 12.2. The minimum absolute atomic E-state index is 0.598. The summed E-state index contributed by atoms with van der Waals surface area (Å²) in [6, 6.07) is 20.2. The molecule has 5 heteroatoms. The van der Waals surface area contributed by atoms with Crippen molar-refractivity contribution in [1.82, 2.24) is 9.97 Å². The zero-order chi connectivity index (χ0) is 17.6. The average molecular weight is 397 g/mol. The standard InChI is InChI=1S/C20H21BrN4/c1-3-25(4-2)19-14-18(15-9-6-5-7-10-15)23-20(24-19)22-17-12-8-11-16(21)13-17/h5-14H,3-4H2,1-2H3,(H,22,23,24). The first-order valence-corrected chi connectivity index (χ1v) is 9.21. The number of rotatable bonds is 6. The maximum atomic E-state index is 4.72. The van der Waals surface area contributed by atoms with Gasteiger partial charge in [-0.3, -0.25) is 0 Å². The van der Waals surface area contributed by atoms with Crippen LogP contribution < -0.4 is 10.2 Å². The lowest BCUT2D eigenvalue weighted by atomic mass is 10.1. The van der Waals surface area contributed by atoms with Gasteiger partial charge in [0.15, 0.2) is 0 Å². The lowest BCUT2D eigenvalue weighted by Gasteiger charge is -2.21. The Bertz CT molecular complexity index is 832. The fourth-order valence-corrected chi connectivity index (χ4v) is 3.05. The number of aromatic nitrogens is 2. The van der Waals surface area contributed by atoms with Crippen LogP contribution in [0.5, 0.6) is 0 Å². The van der Waals surface area contributed by atoms with Gasteiger partial charge < -0.3 is 10.2 Å². The zero-order valence-electron chi connectivity index (χ0n) is 14.4. The van der Waals surface area contributed by atoms with Crippen molar-refractivity contribution in [3.05, 3.63) is 65.1 Å². The summed E-state index contributed by atoms with van der Waals surface area (Å²) in [5.41, 5.74) is 2.94. The number of nitrogens with zero attached hydrogens (tertiary/aromatic N) is 3. The highest BCUT2D eigenvalue weighted by Crippen LogP contribution is 2.25. The SMILES string of the molecule is CCN(CC)c1cc(-c2ccccc2)nc(Nc2cccc(Br)c2)n1. The third-order valence-electron chi connectivity index (χ3n) is 3.95. The van der Waals surface area contributed by atoms with Gasteiger partial charge in [0.1, 0.15) is 5.82 Å². The molecule has 2 aromatic carbocycles. The van der Waals surface area contributed by atoms with Crippen LogP contribution in [-0.2, 0) is 0 Å². The molecule has 0 fully saturated rings. The first-order valence-electron chi connectivity index (χ1n) is 8.41. The molecule has 1 heterocycles. The molecule has 0 saturated heterocycles. The molecule has 0 aliphatic heterocycles. The minimum Gasteiger partial charge on any atom is -0.357 e. The van der Waals surface area contributed by atoms with E-state index in [2.05, 4.69) is 58.2 Å². The molecule has 0 aliphatic carbocycles. The topological polar surface area (TPSA) is 41.1 Å². The molecule has 3 aromatic rings. The highest BCUT2D eigenvalue weighted by Gasteiger charge is 2.11. The van der Waals surface area contributed by atoms with Gasteiger partial charge in [0, 0.05) is 34.9 Å². The third kappa shape index (κ3) is 4.37. The largest absolute Gasteiger partial charge is 0.357 e. The van der Waals surface area contributed by atoms with E-state index in [0.29, 0.717) is 5.95 Å². The quantitative estimate of drug-likeness (QED) is 0.597. The van der Waals surface area contributed by atoms with E-state index in [1.807, 2.05) is 42.5 Å². The van der Waals surface area contributed by atoms with Gasteiger partial charge in [-0.25, -0.2) is 4.98 Å². The number of anilines is 3. The van der Waals surface area contributed by atoms with E-state index in [0.717, 1.165) is 40.3 Å². The molecule has 1 aromatic heterocycles. The van der Waals surface area contributed by atoms with Crippen LogP contribution >= 0.6 is 15.9 Å². The lowest BCUT2D eigenvalue weighted by molar-refractivity contribution is 0.843. The van der Waals surface area contributed by atoms with E-state index in [9.17, 15) is 0 Å². The summed E-state index contributed by atoms with van der Waals surface area (Å²) in [5.74, 6) is 1.53. The zero-order valence-corrected chi connectivity index (χ0v) is 16.0. The lowest BCUT2D eigenvalue weighted by Crippen LogP contribution is -2.23. The van der Waals surface area contributed by atoms with E-state index in [-0.39, 0.29) is 0 Å². The molecule has 0 aliphatic rings. The number of benzene rings is 2. The third-order valence-corrected chi connectivity index (χ3v) is 4.44. The molecule has 0 spiro atoms. The monoisotopic (exact) mass is 396 g/mol. The predicted octanol–water partition coefficient (Wildman–Crippen LogP) is 5.50. The van der Waals surface area contributed by atoms with E-state index < -0.39 is 0 Å². The van der Waals surface area contributed by atoms with Crippen molar-refractivity contribution in [2.24, 2.45) is 0 Å². The second-order valence-electron chi connectivity index (χ2n) is 5.61. The molecule has 25 heavy (non-hydrogen) atoms. The van der Waals surface area contributed by atoms with Gasteiger partial charge >= 0.3 is 0 Å². The van der Waals surface area contributed by atoms with Gasteiger partial charge in [-0.2, -0.15) is 4.98 Å². The van der Waals surface area contributed by atoms with Crippen LogP contribution in [0.3, 0.4) is 0 Å². The van der Waals surface area contributed by atoms with Crippen molar-refractivity contribution >= 4 is 33.4 Å². The summed E-state index contributed by atoms with van der Waals surface area (Å²) in [4.78, 5) is 11.7. The van der Waals surface area contributed by atoms with Crippen LogP contribution in [0.25, 0.3) is 11.3 Å². The van der Waals surface area contributed by atoms with Crippen molar-refractivity contribution in [2.45, 2.75) is 13.8 Å². The molecule has 3 rings (SSSR count). The smallest absolute Gasteiger partial charge is 0.229 e. The predicted molar refractivity (Wildman–Crippen MR) is 108 cm³/mol. The second kappa shape index (κ2) is 8.12. The van der Waals surface area contributed by atoms with Gasteiger partial charge in [-0.05, 0) is 32.0 Å². The van der Waals surface area contributed by atoms with Crippen LogP contribution in [0.1, 0.15) is 13.8 Å². The molecule has 128 valence electrons. The summed E-state index contributed by atoms with van der Waals surface area (Å²) >= 11 is 3.50. The van der Waals surface area contributed by atoms with Crippen molar-refractivity contribution < 1.29 is 0 Å². The van der Waals surface area contributed by atoms with Gasteiger partial charge in [0.25, 0.3) is 0 Å². The van der Waals surface area contributed by atoms with E-state index in [4.69, 9.17) is 9.97 Å². The summed E-state index contributed by atoms with van der Waals surface area (Å²) < 4.78 is 1.01. The summed E-state index contributed by atoms with van der Waals surface area (Å²) in [5, 5.41) is 3.32. The van der Waals surface area contributed by atoms with Crippen LogP contribution in [0.4, 0.5) is 17.5 Å². The fraction of sp³-hybridized carbons (Fsp3) is 0.200. The molecular formula is C20H21BrN4. The van der Waals surface area contributed by atoms with Crippen molar-refractivity contribution in [3.8, 4) is 11.3 Å². The Kier molecular flexibility index (Phi) is 5.66. The van der Waals surface area contributed by atoms with Crippen molar-refractivity contribution in [3.63, 3.8) is 0 Å². The Balaban J connectivity index is 2.03. The second-order valence-corrected chi connectivity index (χ2v) is 6.52. The Hall–Kier alpha value is -2.40. The number of halogens is 1. The maximum Gasteiger partial charge on any atom is 0.229 e. The van der Waals surface area contributed by atoms with Crippen LogP contribution in [0, 0.1) is 0 Å². The molecule has 0 amide bonds. The highest BCUT2D eigenvalue weighted by molar-refractivity contribution is 9.10. The van der Waals surface area contributed by atoms with Crippen LogP contribution in [0.15, 0.2) is 65.1 Å².